The molecule has 6 nitrogen and oxygen atoms in total. The molecule has 0 bridgehead atoms. The van der Waals surface area contributed by atoms with Gasteiger partial charge in [-0.1, -0.05) is 281 Å². The van der Waals surface area contributed by atoms with Crippen molar-refractivity contribution in [1.29, 1.82) is 0 Å². The lowest BCUT2D eigenvalue weighted by Gasteiger charge is -2.18. The van der Waals surface area contributed by atoms with E-state index in [-0.39, 0.29) is 31.1 Å². The Hall–Kier alpha value is -2.89. The molecule has 0 saturated carbocycles. The molecule has 0 spiro atoms. The Morgan fingerprint density at radius 1 is 0.292 bits per heavy atom. The lowest BCUT2D eigenvalue weighted by atomic mass is 10.0. The van der Waals surface area contributed by atoms with Gasteiger partial charge in [0.15, 0.2) is 6.10 Å². The van der Waals surface area contributed by atoms with Gasteiger partial charge in [-0.2, -0.15) is 0 Å². The molecule has 0 saturated heterocycles. The molecule has 418 valence electrons. The summed E-state index contributed by atoms with van der Waals surface area (Å²) in [6, 6.07) is 0. The Bertz CT molecular complexity index is 1290. The van der Waals surface area contributed by atoms with E-state index in [2.05, 4.69) is 81.5 Å². The van der Waals surface area contributed by atoms with Crippen LogP contribution in [-0.2, 0) is 28.6 Å². The number of allylic oxidation sites excluding steroid dienone is 10. The molecule has 1 unspecified atom stereocenters. The molecule has 0 fully saturated rings. The van der Waals surface area contributed by atoms with Crippen LogP contribution in [0, 0.1) is 0 Å². The van der Waals surface area contributed by atoms with Crippen LogP contribution in [0.15, 0.2) is 60.8 Å². The Morgan fingerprint density at radius 3 is 0.861 bits per heavy atom. The predicted molar refractivity (Wildman–Crippen MR) is 312 cm³/mol. The van der Waals surface area contributed by atoms with E-state index in [1.165, 1.54) is 193 Å². The molecule has 0 aliphatic carbocycles. The van der Waals surface area contributed by atoms with Crippen molar-refractivity contribution in [2.45, 2.75) is 329 Å². The van der Waals surface area contributed by atoms with E-state index < -0.39 is 6.10 Å². The highest BCUT2D eigenvalue weighted by atomic mass is 16.6. The van der Waals surface area contributed by atoms with Gasteiger partial charge in [-0.15, -0.1) is 0 Å². The maximum atomic E-state index is 12.9. The molecular formula is C66H118O6. The number of unbranched alkanes of at least 4 members (excludes halogenated alkanes) is 36. The van der Waals surface area contributed by atoms with Gasteiger partial charge in [-0.3, -0.25) is 14.4 Å². The highest BCUT2D eigenvalue weighted by molar-refractivity contribution is 5.71. The second kappa shape index (κ2) is 60.7. The van der Waals surface area contributed by atoms with E-state index in [1.807, 2.05) is 0 Å². The van der Waals surface area contributed by atoms with Crippen molar-refractivity contribution in [1.82, 2.24) is 0 Å². The minimum atomic E-state index is -0.777. The van der Waals surface area contributed by atoms with Crippen LogP contribution >= 0.6 is 0 Å². The minimum absolute atomic E-state index is 0.0743. The molecule has 0 aliphatic rings. The van der Waals surface area contributed by atoms with Gasteiger partial charge in [-0.05, 0) is 83.5 Å². The first-order chi connectivity index (χ1) is 35.5. The molecular weight excluding hydrogens is 889 g/mol. The maximum absolute atomic E-state index is 12.9. The van der Waals surface area contributed by atoms with Crippen molar-refractivity contribution >= 4 is 17.9 Å². The summed E-state index contributed by atoms with van der Waals surface area (Å²) >= 11 is 0. The average molecular weight is 1010 g/mol. The highest BCUT2D eigenvalue weighted by Crippen LogP contribution is 2.17. The van der Waals surface area contributed by atoms with Crippen molar-refractivity contribution in [3.05, 3.63) is 60.8 Å². The quantitative estimate of drug-likeness (QED) is 0.0261. The zero-order valence-corrected chi connectivity index (χ0v) is 47.9. The number of esters is 3. The fourth-order valence-corrected chi connectivity index (χ4v) is 9.08. The number of ether oxygens (including phenoxy) is 3. The van der Waals surface area contributed by atoms with Crippen molar-refractivity contribution < 1.29 is 28.6 Å². The first kappa shape index (κ1) is 69.1. The third kappa shape index (κ3) is 58.0. The smallest absolute Gasteiger partial charge is 0.306 e. The molecule has 0 radical (unpaired) electrons. The molecule has 0 aromatic rings. The summed E-state index contributed by atoms with van der Waals surface area (Å²) in [5.41, 5.74) is 0. The van der Waals surface area contributed by atoms with Gasteiger partial charge in [0.1, 0.15) is 13.2 Å². The Labute approximate surface area is 447 Å². The molecule has 1 atom stereocenters. The minimum Gasteiger partial charge on any atom is -0.462 e. The summed E-state index contributed by atoms with van der Waals surface area (Å²) in [6.45, 7) is 6.56. The van der Waals surface area contributed by atoms with E-state index in [0.29, 0.717) is 19.3 Å². The van der Waals surface area contributed by atoms with Crippen LogP contribution in [0.3, 0.4) is 0 Å². The van der Waals surface area contributed by atoms with Gasteiger partial charge in [0, 0.05) is 19.3 Å². The number of carbonyl (C=O) groups is 3. The molecule has 0 aromatic carbocycles. The van der Waals surface area contributed by atoms with Crippen LogP contribution in [0.5, 0.6) is 0 Å². The third-order valence-electron chi connectivity index (χ3n) is 13.8. The summed E-state index contributed by atoms with van der Waals surface area (Å²) < 4.78 is 16.9. The normalized spacial score (nSPS) is 12.4. The van der Waals surface area contributed by atoms with E-state index in [0.717, 1.165) is 89.9 Å². The van der Waals surface area contributed by atoms with E-state index in [9.17, 15) is 14.4 Å². The number of hydrogen-bond acceptors (Lipinski definition) is 6. The summed E-state index contributed by atoms with van der Waals surface area (Å²) in [5, 5.41) is 0. The topological polar surface area (TPSA) is 78.9 Å². The zero-order chi connectivity index (χ0) is 52.2. The van der Waals surface area contributed by atoms with Crippen LogP contribution < -0.4 is 0 Å². The lowest BCUT2D eigenvalue weighted by molar-refractivity contribution is -0.167. The molecule has 0 amide bonds. The first-order valence-electron chi connectivity index (χ1n) is 31.3. The molecule has 0 aromatic heterocycles. The van der Waals surface area contributed by atoms with E-state index in [1.54, 1.807) is 0 Å². The van der Waals surface area contributed by atoms with Gasteiger partial charge in [0.25, 0.3) is 0 Å². The van der Waals surface area contributed by atoms with Gasteiger partial charge >= 0.3 is 17.9 Å². The Balaban J connectivity index is 4.31. The summed E-state index contributed by atoms with van der Waals surface area (Å²) in [5.74, 6) is -0.868. The van der Waals surface area contributed by atoms with E-state index >= 15 is 0 Å². The molecule has 0 aliphatic heterocycles. The molecule has 72 heavy (non-hydrogen) atoms. The monoisotopic (exact) mass is 1010 g/mol. The zero-order valence-electron chi connectivity index (χ0n) is 47.9. The van der Waals surface area contributed by atoms with Crippen molar-refractivity contribution in [3.63, 3.8) is 0 Å². The van der Waals surface area contributed by atoms with Crippen molar-refractivity contribution in [3.8, 4) is 0 Å². The van der Waals surface area contributed by atoms with Crippen LogP contribution in [-0.4, -0.2) is 37.2 Å². The molecule has 6 heteroatoms. The fourth-order valence-electron chi connectivity index (χ4n) is 9.08. The largest absolute Gasteiger partial charge is 0.462 e. The predicted octanol–water partition coefficient (Wildman–Crippen LogP) is 21.2. The van der Waals surface area contributed by atoms with Crippen LogP contribution in [0.4, 0.5) is 0 Å². The number of carbonyl (C=O) groups excluding carboxylic acids is 3. The summed E-state index contributed by atoms with van der Waals surface area (Å²) in [7, 11) is 0. The van der Waals surface area contributed by atoms with Crippen molar-refractivity contribution in [2.75, 3.05) is 13.2 Å². The second-order valence-electron chi connectivity index (χ2n) is 20.9. The average Bonchev–Trinajstić information content (AvgIpc) is 3.38. The Morgan fingerprint density at radius 2 is 0.542 bits per heavy atom. The van der Waals surface area contributed by atoms with Crippen LogP contribution in [0.2, 0.25) is 0 Å². The second-order valence-corrected chi connectivity index (χ2v) is 20.9. The maximum Gasteiger partial charge on any atom is 0.306 e. The van der Waals surface area contributed by atoms with Crippen molar-refractivity contribution in [2.24, 2.45) is 0 Å². The van der Waals surface area contributed by atoms with E-state index in [4.69, 9.17) is 14.2 Å². The third-order valence-corrected chi connectivity index (χ3v) is 13.8. The summed E-state index contributed by atoms with van der Waals surface area (Å²) in [6.07, 6.45) is 76.5. The lowest BCUT2D eigenvalue weighted by Crippen LogP contribution is -2.30. The van der Waals surface area contributed by atoms with Crippen LogP contribution in [0.1, 0.15) is 323 Å². The highest BCUT2D eigenvalue weighted by Gasteiger charge is 2.19. The molecule has 0 N–H and O–H groups in total. The number of hydrogen-bond donors (Lipinski definition) is 0. The molecule has 0 heterocycles. The fraction of sp³-hybridized carbons (Fsp3) is 0.803. The van der Waals surface area contributed by atoms with Gasteiger partial charge in [0.2, 0.25) is 0 Å². The van der Waals surface area contributed by atoms with Crippen LogP contribution in [0.25, 0.3) is 0 Å². The van der Waals surface area contributed by atoms with Gasteiger partial charge in [-0.25, -0.2) is 0 Å². The summed E-state index contributed by atoms with van der Waals surface area (Å²) in [4.78, 5) is 38.3. The number of rotatable bonds is 57. The van der Waals surface area contributed by atoms with Gasteiger partial charge < -0.3 is 14.2 Å². The Kier molecular flexibility index (Phi) is 58.2. The molecule has 0 rings (SSSR count). The van der Waals surface area contributed by atoms with Gasteiger partial charge in [0.05, 0.1) is 0 Å². The first-order valence-corrected chi connectivity index (χ1v) is 31.3. The SMILES string of the molecule is CC/C=C\C/C=C\C/C=C\C/C=C\CCCCCCCCCCC(=O)OCC(COC(=O)CCCCCCCCCCCCCC)OC(=O)CCCCCCCCCCC/C=C\CCCCCCCCCC. The standard InChI is InChI=1S/C66H118O6/c1-4-7-10-13-16-19-22-25-27-29-31-33-35-37-39-41-44-47-50-53-56-59-65(68)71-62-63(61-70-64(67)58-55-52-49-46-43-24-21-18-15-12-9-6-3)72-66(69)60-57-54-51-48-45-42-40-38-36-34-32-30-28-26-23-20-17-14-11-8-5-2/h7,10,16,19,25,27,30-33,63H,4-6,8-9,11-15,17-18,20-24,26,28-29,34-62H2,1-3H3/b10-7-,19-16-,27-25-,32-30-,33-31-.